The maximum Gasteiger partial charge on any atom is 0.282 e. The van der Waals surface area contributed by atoms with Crippen molar-refractivity contribution in [1.29, 1.82) is 0 Å². The minimum atomic E-state index is -0.469. The van der Waals surface area contributed by atoms with Crippen molar-refractivity contribution in [3.63, 3.8) is 0 Å². The van der Waals surface area contributed by atoms with E-state index in [-0.39, 0.29) is 23.0 Å². The largest absolute Gasteiger partial charge is 0.497 e. The van der Waals surface area contributed by atoms with Gasteiger partial charge in [-0.1, -0.05) is 30.3 Å². The predicted octanol–water partition coefficient (Wildman–Crippen LogP) is 5.54. The second kappa shape index (κ2) is 7.92. The molecule has 0 aliphatic heterocycles. The Morgan fingerprint density at radius 3 is 2.31 bits per heavy atom. The Hall–Kier alpha value is -4.59. The van der Waals surface area contributed by atoms with Gasteiger partial charge in [0.05, 0.1) is 28.8 Å². The summed E-state index contributed by atoms with van der Waals surface area (Å²) in [6.07, 6.45) is 0. The number of methoxy groups -OCH3 is 1. The van der Waals surface area contributed by atoms with E-state index in [4.69, 9.17) is 14.1 Å². The monoisotopic (exact) mass is 424 g/mol. The number of nitrogens with zero attached hydrogens (tertiary/aromatic N) is 4. The van der Waals surface area contributed by atoms with Gasteiger partial charge in [0, 0.05) is 17.0 Å². The van der Waals surface area contributed by atoms with Crippen LogP contribution in [0.15, 0.2) is 83.3 Å². The highest BCUT2D eigenvalue weighted by Gasteiger charge is 2.21. The average molecular weight is 424 g/mol. The standard InChI is InChI=1S/C24H16N4O4/c1-31-16-12-10-15(11-13-16)21-14-19(17-6-2-4-8-20(17)25-21)24-27-26-23(32-24)18-7-3-5-9-22(18)28(29)30/h2-14H,1H3. The molecule has 0 atom stereocenters. The van der Waals surface area contributed by atoms with Gasteiger partial charge in [-0.15, -0.1) is 10.2 Å². The summed E-state index contributed by atoms with van der Waals surface area (Å²) in [5.41, 5.74) is 3.26. The predicted molar refractivity (Wildman–Crippen MR) is 119 cm³/mol. The van der Waals surface area contributed by atoms with Crippen LogP contribution in [0.4, 0.5) is 5.69 Å². The first kappa shape index (κ1) is 19.4. The van der Waals surface area contributed by atoms with Gasteiger partial charge in [-0.3, -0.25) is 10.1 Å². The van der Waals surface area contributed by atoms with Crippen LogP contribution in [0, 0.1) is 10.1 Å². The Balaban J connectivity index is 1.65. The molecule has 0 fully saturated rings. The molecule has 0 radical (unpaired) electrons. The van der Waals surface area contributed by atoms with E-state index < -0.39 is 4.92 Å². The molecule has 5 aromatic rings. The fraction of sp³-hybridized carbons (Fsp3) is 0.0417. The van der Waals surface area contributed by atoms with E-state index in [0.29, 0.717) is 5.56 Å². The van der Waals surface area contributed by atoms with Crippen LogP contribution < -0.4 is 4.74 Å². The molecule has 0 spiro atoms. The van der Waals surface area contributed by atoms with Gasteiger partial charge in [-0.2, -0.15) is 0 Å². The molecule has 0 N–H and O–H groups in total. The van der Waals surface area contributed by atoms with Crippen LogP contribution in [0.1, 0.15) is 0 Å². The van der Waals surface area contributed by atoms with Crippen molar-refractivity contribution in [2.75, 3.05) is 7.11 Å². The molecule has 2 aromatic heterocycles. The topological polar surface area (TPSA) is 104 Å². The number of benzene rings is 3. The number of ether oxygens (including phenoxy) is 1. The lowest BCUT2D eigenvalue weighted by atomic mass is 10.0. The highest BCUT2D eigenvalue weighted by atomic mass is 16.6. The Morgan fingerprint density at radius 1 is 0.875 bits per heavy atom. The van der Waals surface area contributed by atoms with E-state index >= 15 is 0 Å². The first-order valence-corrected chi connectivity index (χ1v) is 9.76. The SMILES string of the molecule is COc1ccc(-c2cc(-c3nnc(-c4ccccc4[N+](=O)[O-])o3)c3ccccc3n2)cc1. The number of pyridine rings is 1. The maximum atomic E-state index is 11.4. The molecule has 0 saturated carbocycles. The number of hydrogen-bond donors (Lipinski definition) is 0. The van der Waals surface area contributed by atoms with Crippen molar-refractivity contribution in [2.45, 2.75) is 0 Å². The van der Waals surface area contributed by atoms with Crippen LogP contribution in [0.3, 0.4) is 0 Å². The zero-order valence-corrected chi connectivity index (χ0v) is 16.9. The number of para-hydroxylation sites is 2. The second-order valence-electron chi connectivity index (χ2n) is 6.99. The molecule has 8 heteroatoms. The normalized spacial score (nSPS) is 10.9. The maximum absolute atomic E-state index is 11.4. The van der Waals surface area contributed by atoms with Crippen LogP contribution in [0.25, 0.3) is 45.1 Å². The van der Waals surface area contributed by atoms with Crippen LogP contribution in [-0.2, 0) is 0 Å². The molecular weight excluding hydrogens is 408 g/mol. The van der Waals surface area contributed by atoms with E-state index in [1.165, 1.54) is 6.07 Å². The van der Waals surface area contributed by atoms with Gasteiger partial charge < -0.3 is 9.15 Å². The number of fused-ring (bicyclic) bond motifs is 1. The van der Waals surface area contributed by atoms with Crippen molar-refractivity contribution in [3.05, 3.63) is 89.0 Å². The van der Waals surface area contributed by atoms with E-state index in [2.05, 4.69) is 10.2 Å². The van der Waals surface area contributed by atoms with Gasteiger partial charge >= 0.3 is 0 Å². The lowest BCUT2D eigenvalue weighted by molar-refractivity contribution is -0.384. The number of nitro benzene ring substituents is 1. The van der Waals surface area contributed by atoms with Gasteiger partial charge in [0.1, 0.15) is 11.3 Å². The highest BCUT2D eigenvalue weighted by molar-refractivity contribution is 5.94. The first-order chi connectivity index (χ1) is 15.6. The van der Waals surface area contributed by atoms with E-state index in [0.717, 1.165) is 27.9 Å². The Kier molecular flexibility index (Phi) is 4.79. The third-order valence-corrected chi connectivity index (χ3v) is 5.09. The molecule has 0 bridgehead atoms. The van der Waals surface area contributed by atoms with Crippen molar-refractivity contribution < 1.29 is 14.1 Å². The minimum absolute atomic E-state index is 0.0826. The molecule has 3 aromatic carbocycles. The number of aromatic nitrogens is 3. The smallest absolute Gasteiger partial charge is 0.282 e. The summed E-state index contributed by atoms with van der Waals surface area (Å²) < 4.78 is 11.1. The molecule has 0 saturated heterocycles. The van der Waals surface area contributed by atoms with Gasteiger partial charge in [-0.05, 0) is 42.5 Å². The summed E-state index contributed by atoms with van der Waals surface area (Å²) in [6.45, 7) is 0. The summed E-state index contributed by atoms with van der Waals surface area (Å²) in [5, 5.41) is 20.5. The Morgan fingerprint density at radius 2 is 1.56 bits per heavy atom. The first-order valence-electron chi connectivity index (χ1n) is 9.76. The molecule has 0 amide bonds. The van der Waals surface area contributed by atoms with Crippen molar-refractivity contribution >= 4 is 16.6 Å². The molecule has 8 nitrogen and oxygen atoms in total. The van der Waals surface area contributed by atoms with Crippen molar-refractivity contribution in [3.8, 4) is 39.9 Å². The third kappa shape index (κ3) is 3.43. The molecule has 0 aliphatic carbocycles. The van der Waals surface area contributed by atoms with Crippen LogP contribution in [-0.4, -0.2) is 27.2 Å². The quantitative estimate of drug-likeness (QED) is 0.270. The Labute approximate surface area is 182 Å². The summed E-state index contributed by atoms with van der Waals surface area (Å²) in [7, 11) is 1.62. The zero-order valence-electron chi connectivity index (χ0n) is 16.9. The van der Waals surface area contributed by atoms with Gasteiger partial charge in [-0.25, -0.2) is 4.98 Å². The fourth-order valence-corrected chi connectivity index (χ4v) is 3.52. The molecule has 32 heavy (non-hydrogen) atoms. The van der Waals surface area contributed by atoms with E-state index in [1.807, 2.05) is 54.6 Å². The van der Waals surface area contributed by atoms with Crippen molar-refractivity contribution in [1.82, 2.24) is 15.2 Å². The van der Waals surface area contributed by atoms with Crippen molar-refractivity contribution in [2.24, 2.45) is 0 Å². The lowest BCUT2D eigenvalue weighted by Gasteiger charge is -2.08. The van der Waals surface area contributed by atoms with Gasteiger partial charge in [0.15, 0.2) is 0 Å². The molecule has 0 unspecified atom stereocenters. The van der Waals surface area contributed by atoms with E-state index in [9.17, 15) is 10.1 Å². The average Bonchev–Trinajstić information content (AvgIpc) is 3.33. The molecular formula is C24H16N4O4. The second-order valence-corrected chi connectivity index (χ2v) is 6.99. The number of hydrogen-bond acceptors (Lipinski definition) is 7. The van der Waals surface area contributed by atoms with Gasteiger partial charge in [0.25, 0.3) is 11.6 Å². The summed E-state index contributed by atoms with van der Waals surface area (Å²) in [6, 6.07) is 23.4. The fourth-order valence-electron chi connectivity index (χ4n) is 3.52. The molecule has 5 rings (SSSR count). The number of nitro groups is 1. The summed E-state index contributed by atoms with van der Waals surface area (Å²) in [5.74, 6) is 1.09. The Bertz CT molecular complexity index is 1440. The van der Waals surface area contributed by atoms with Crippen LogP contribution in [0.5, 0.6) is 5.75 Å². The van der Waals surface area contributed by atoms with E-state index in [1.54, 1.807) is 25.3 Å². The third-order valence-electron chi connectivity index (χ3n) is 5.09. The number of rotatable bonds is 5. The zero-order chi connectivity index (χ0) is 22.1. The van der Waals surface area contributed by atoms with Crippen LogP contribution >= 0.6 is 0 Å². The lowest BCUT2D eigenvalue weighted by Crippen LogP contribution is -1.91. The summed E-state index contributed by atoms with van der Waals surface area (Å²) >= 11 is 0. The molecule has 0 aliphatic rings. The highest BCUT2D eigenvalue weighted by Crippen LogP contribution is 2.35. The molecule has 2 heterocycles. The molecule has 156 valence electrons. The van der Waals surface area contributed by atoms with Gasteiger partial charge in [0.2, 0.25) is 5.89 Å². The summed E-state index contributed by atoms with van der Waals surface area (Å²) in [4.78, 5) is 15.7. The minimum Gasteiger partial charge on any atom is -0.497 e. The van der Waals surface area contributed by atoms with Crippen LogP contribution in [0.2, 0.25) is 0 Å².